The van der Waals surface area contributed by atoms with Gasteiger partial charge in [-0.3, -0.25) is 0 Å². The van der Waals surface area contributed by atoms with E-state index in [1.165, 1.54) is 11.8 Å². The molecule has 1 aliphatic heterocycles. The summed E-state index contributed by atoms with van der Waals surface area (Å²) in [6.45, 7) is 5.72. The van der Waals surface area contributed by atoms with E-state index in [0.717, 1.165) is 35.1 Å². The number of piperidine rings is 1. The van der Waals surface area contributed by atoms with Gasteiger partial charge in [-0.1, -0.05) is 37.2 Å². The Balaban J connectivity index is 1.70. The monoisotopic (exact) mass is 379 g/mol. The van der Waals surface area contributed by atoms with E-state index in [1.807, 2.05) is 0 Å². The number of rotatable bonds is 4. The second-order valence-corrected chi connectivity index (χ2v) is 7.98. The number of hydrogen-bond acceptors (Lipinski definition) is 7. The van der Waals surface area contributed by atoms with Crippen LogP contribution in [0.4, 0.5) is 11.6 Å². The molecule has 134 valence electrons. The summed E-state index contributed by atoms with van der Waals surface area (Å²) in [5.41, 5.74) is 5.70. The van der Waals surface area contributed by atoms with Gasteiger partial charge in [-0.2, -0.15) is 0 Å². The first-order valence-corrected chi connectivity index (χ1v) is 9.45. The van der Waals surface area contributed by atoms with Crippen molar-refractivity contribution < 1.29 is 5.11 Å². The van der Waals surface area contributed by atoms with Gasteiger partial charge >= 0.3 is 0 Å². The lowest BCUT2D eigenvalue weighted by Crippen LogP contribution is -2.49. The predicted molar refractivity (Wildman–Crippen MR) is 101 cm³/mol. The molecular formula is C17H22ClN5OS. The van der Waals surface area contributed by atoms with Gasteiger partial charge in [0.2, 0.25) is 0 Å². The van der Waals surface area contributed by atoms with E-state index >= 15 is 0 Å². The Bertz CT molecular complexity index is 744. The maximum Gasteiger partial charge on any atom is 0.147 e. The molecule has 6 nitrogen and oxygen atoms in total. The number of nitrogens with zero attached hydrogens (tertiary/aromatic N) is 4. The van der Waals surface area contributed by atoms with Gasteiger partial charge in [-0.25, -0.2) is 15.0 Å². The maximum absolute atomic E-state index is 10.4. The largest absolute Gasteiger partial charge is 0.391 e. The van der Waals surface area contributed by atoms with Crippen LogP contribution >= 0.6 is 23.4 Å². The van der Waals surface area contributed by atoms with Crippen LogP contribution in [0.3, 0.4) is 0 Å². The molecule has 1 aliphatic rings. The van der Waals surface area contributed by atoms with Crippen molar-refractivity contribution in [2.45, 2.75) is 42.7 Å². The summed E-state index contributed by atoms with van der Waals surface area (Å²) in [4.78, 5) is 15.8. The Kier molecular flexibility index (Phi) is 5.36. The van der Waals surface area contributed by atoms with Gasteiger partial charge in [0.05, 0.1) is 23.5 Å². The Morgan fingerprint density at radius 2 is 2.20 bits per heavy atom. The number of halogens is 1. The molecule has 8 heteroatoms. The zero-order valence-corrected chi connectivity index (χ0v) is 15.9. The van der Waals surface area contributed by atoms with E-state index < -0.39 is 0 Å². The first-order chi connectivity index (χ1) is 11.9. The average molecular weight is 380 g/mol. The van der Waals surface area contributed by atoms with Gasteiger partial charge in [0.15, 0.2) is 0 Å². The molecule has 0 radical (unpaired) electrons. The molecule has 0 unspecified atom stereocenters. The third-order valence-corrected chi connectivity index (χ3v) is 6.48. The number of aliphatic hydroxyl groups is 1. The normalized spacial score (nSPS) is 23.7. The van der Waals surface area contributed by atoms with Crippen LogP contribution in [0.15, 0.2) is 34.6 Å². The number of aromatic nitrogens is 3. The van der Waals surface area contributed by atoms with Crippen LogP contribution in [-0.4, -0.2) is 39.3 Å². The molecule has 0 aromatic carbocycles. The summed E-state index contributed by atoms with van der Waals surface area (Å²) >= 11 is 7.55. The van der Waals surface area contributed by atoms with Crippen LogP contribution in [0.2, 0.25) is 5.02 Å². The molecular weight excluding hydrogens is 358 g/mol. The average Bonchev–Trinajstić information content (AvgIpc) is 2.62. The third-order valence-electron chi connectivity index (χ3n) is 4.99. The van der Waals surface area contributed by atoms with E-state index in [4.69, 9.17) is 17.3 Å². The first-order valence-electron chi connectivity index (χ1n) is 8.26. The van der Waals surface area contributed by atoms with Crippen LogP contribution in [0.5, 0.6) is 0 Å². The Labute approximate surface area is 156 Å². The third kappa shape index (κ3) is 3.83. The SMILES string of the molecule is CC[C@@]1(C)CCN(c2cnc(Sc3ccnc(N)c3Cl)cn2)C[C@H]1O. The molecule has 0 spiro atoms. The van der Waals surface area contributed by atoms with Crippen molar-refractivity contribution in [1.82, 2.24) is 15.0 Å². The second kappa shape index (κ2) is 7.35. The topological polar surface area (TPSA) is 88.2 Å². The van der Waals surface area contributed by atoms with Crippen LogP contribution < -0.4 is 10.6 Å². The van der Waals surface area contributed by atoms with Crippen molar-refractivity contribution in [1.29, 1.82) is 0 Å². The molecule has 1 fully saturated rings. The number of pyridine rings is 1. The molecule has 0 aliphatic carbocycles. The maximum atomic E-state index is 10.4. The highest BCUT2D eigenvalue weighted by Gasteiger charge is 2.37. The number of nitrogen functional groups attached to an aromatic ring is 1. The summed E-state index contributed by atoms with van der Waals surface area (Å²) in [5, 5.41) is 11.6. The van der Waals surface area contributed by atoms with E-state index in [9.17, 15) is 5.11 Å². The van der Waals surface area contributed by atoms with E-state index in [2.05, 4.69) is 33.7 Å². The number of hydrogen-bond donors (Lipinski definition) is 2. The molecule has 2 aromatic rings. The van der Waals surface area contributed by atoms with Crippen LogP contribution in [0.25, 0.3) is 0 Å². The van der Waals surface area contributed by atoms with Gasteiger partial charge in [-0.05, 0) is 24.3 Å². The molecule has 3 rings (SSSR count). The summed E-state index contributed by atoms with van der Waals surface area (Å²) in [6, 6.07) is 1.80. The van der Waals surface area contributed by atoms with Gasteiger partial charge in [0.25, 0.3) is 0 Å². The highest BCUT2D eigenvalue weighted by Crippen LogP contribution is 2.36. The lowest BCUT2D eigenvalue weighted by molar-refractivity contribution is 0.0187. The van der Waals surface area contributed by atoms with Crippen molar-refractivity contribution in [2.75, 3.05) is 23.7 Å². The standard InChI is InChI=1S/C17H22ClN5OS/c1-3-17(2)5-7-23(10-12(17)24)13-8-22-14(9-21-13)25-11-4-6-20-16(19)15(11)18/h4,6,8-9,12,24H,3,5,7,10H2,1-2H3,(H2,19,20)/t12-,17+/m1/s1. The summed E-state index contributed by atoms with van der Waals surface area (Å²) in [5.74, 6) is 1.08. The summed E-state index contributed by atoms with van der Waals surface area (Å²) in [6.07, 6.45) is 6.62. The van der Waals surface area contributed by atoms with E-state index in [1.54, 1.807) is 24.7 Å². The second-order valence-electron chi connectivity index (χ2n) is 6.54. The van der Waals surface area contributed by atoms with Crippen molar-refractivity contribution in [3.8, 4) is 0 Å². The minimum atomic E-state index is -0.360. The van der Waals surface area contributed by atoms with Crippen molar-refractivity contribution in [3.63, 3.8) is 0 Å². The predicted octanol–water partition coefficient (Wildman–Crippen LogP) is 3.25. The summed E-state index contributed by atoms with van der Waals surface area (Å²) < 4.78 is 0. The zero-order chi connectivity index (χ0) is 18.0. The number of anilines is 2. The molecule has 0 bridgehead atoms. The molecule has 2 atom stereocenters. The van der Waals surface area contributed by atoms with Gasteiger partial charge < -0.3 is 15.7 Å². The molecule has 3 N–H and O–H groups in total. The zero-order valence-electron chi connectivity index (χ0n) is 14.3. The van der Waals surface area contributed by atoms with Gasteiger partial charge in [0, 0.05) is 24.2 Å². The molecule has 25 heavy (non-hydrogen) atoms. The number of nitrogens with two attached hydrogens (primary N) is 1. The Hall–Kier alpha value is -1.57. The molecule has 0 saturated carbocycles. The summed E-state index contributed by atoms with van der Waals surface area (Å²) in [7, 11) is 0. The quantitative estimate of drug-likeness (QED) is 0.842. The minimum absolute atomic E-state index is 0.0161. The lowest BCUT2D eigenvalue weighted by atomic mass is 9.76. The fourth-order valence-corrected chi connectivity index (χ4v) is 3.84. The number of β-amino-alcohol motifs (C(OH)–C–C–N with tert-alkyl or cyclic N) is 1. The molecule has 0 amide bonds. The lowest BCUT2D eigenvalue weighted by Gasteiger charge is -2.43. The van der Waals surface area contributed by atoms with Crippen LogP contribution in [0.1, 0.15) is 26.7 Å². The fraction of sp³-hybridized carbons (Fsp3) is 0.471. The Morgan fingerprint density at radius 3 is 2.84 bits per heavy atom. The molecule has 2 aromatic heterocycles. The van der Waals surface area contributed by atoms with E-state index in [-0.39, 0.29) is 11.5 Å². The first kappa shape index (κ1) is 18.2. The van der Waals surface area contributed by atoms with Crippen molar-refractivity contribution in [2.24, 2.45) is 5.41 Å². The van der Waals surface area contributed by atoms with Gasteiger partial charge in [-0.15, -0.1) is 0 Å². The highest BCUT2D eigenvalue weighted by atomic mass is 35.5. The molecule has 1 saturated heterocycles. The van der Waals surface area contributed by atoms with E-state index in [0.29, 0.717) is 17.4 Å². The van der Waals surface area contributed by atoms with Crippen molar-refractivity contribution in [3.05, 3.63) is 29.7 Å². The van der Waals surface area contributed by atoms with Crippen LogP contribution in [-0.2, 0) is 0 Å². The minimum Gasteiger partial charge on any atom is -0.391 e. The van der Waals surface area contributed by atoms with Gasteiger partial charge in [0.1, 0.15) is 16.7 Å². The Morgan fingerprint density at radius 1 is 1.40 bits per heavy atom. The smallest absolute Gasteiger partial charge is 0.147 e. The van der Waals surface area contributed by atoms with Crippen LogP contribution in [0, 0.1) is 5.41 Å². The molecule has 3 heterocycles. The van der Waals surface area contributed by atoms with Crippen molar-refractivity contribution >= 4 is 35.0 Å². The number of aliphatic hydroxyl groups excluding tert-OH is 1. The fourth-order valence-electron chi connectivity index (χ4n) is 2.86. The highest BCUT2D eigenvalue weighted by molar-refractivity contribution is 7.99.